The summed E-state index contributed by atoms with van der Waals surface area (Å²) in [6.07, 6.45) is 0. The molecule has 4 nitrogen and oxygen atoms in total. The summed E-state index contributed by atoms with van der Waals surface area (Å²) < 4.78 is 17.9. The number of carbonyl (C=O) groups excluding carboxylic acids is 1. The standard InChI is InChI=1S/C9H7FN2O2/c1-14-8-3-5(9(12)13)2-7(10)6(8)4-11/h2-3H,1H3,(H2,12,13). The normalized spacial score (nSPS) is 9.21. The fraction of sp³-hybridized carbons (Fsp3) is 0.111. The van der Waals surface area contributed by atoms with Crippen molar-refractivity contribution in [1.82, 2.24) is 0 Å². The number of nitriles is 1. The molecule has 1 amide bonds. The van der Waals surface area contributed by atoms with Crippen LogP contribution in [-0.2, 0) is 0 Å². The maximum Gasteiger partial charge on any atom is 0.248 e. The molecule has 0 bridgehead atoms. The number of carbonyl (C=O) groups is 1. The number of benzene rings is 1. The minimum atomic E-state index is -0.819. The molecule has 72 valence electrons. The van der Waals surface area contributed by atoms with Gasteiger partial charge in [-0.1, -0.05) is 0 Å². The minimum Gasteiger partial charge on any atom is -0.495 e. The average Bonchev–Trinajstić information content (AvgIpc) is 2.16. The summed E-state index contributed by atoms with van der Waals surface area (Å²) in [5.41, 5.74) is 4.69. The van der Waals surface area contributed by atoms with Crippen LogP contribution in [-0.4, -0.2) is 13.0 Å². The molecule has 2 N–H and O–H groups in total. The zero-order valence-electron chi connectivity index (χ0n) is 7.37. The molecule has 0 atom stereocenters. The molecule has 5 heteroatoms. The molecule has 1 rings (SSSR count). The number of hydrogen-bond acceptors (Lipinski definition) is 3. The van der Waals surface area contributed by atoms with Crippen molar-refractivity contribution < 1.29 is 13.9 Å². The lowest BCUT2D eigenvalue weighted by Crippen LogP contribution is -2.12. The van der Waals surface area contributed by atoms with Crippen LogP contribution in [0.15, 0.2) is 12.1 Å². The van der Waals surface area contributed by atoms with Gasteiger partial charge in [0.15, 0.2) is 0 Å². The molecule has 0 spiro atoms. The monoisotopic (exact) mass is 194 g/mol. The zero-order chi connectivity index (χ0) is 10.7. The number of primary amides is 1. The fourth-order valence-electron chi connectivity index (χ4n) is 0.993. The van der Waals surface area contributed by atoms with E-state index in [1.807, 2.05) is 0 Å². The highest BCUT2D eigenvalue weighted by Crippen LogP contribution is 2.22. The Morgan fingerprint density at radius 2 is 2.29 bits per heavy atom. The average molecular weight is 194 g/mol. The Morgan fingerprint density at radius 1 is 1.64 bits per heavy atom. The SMILES string of the molecule is COc1cc(C(N)=O)cc(F)c1C#N. The van der Waals surface area contributed by atoms with Gasteiger partial charge in [0.2, 0.25) is 5.91 Å². The number of rotatable bonds is 2. The van der Waals surface area contributed by atoms with Crippen molar-refractivity contribution in [2.75, 3.05) is 7.11 Å². The summed E-state index contributed by atoms with van der Waals surface area (Å²) in [4.78, 5) is 10.7. The van der Waals surface area contributed by atoms with Crippen LogP contribution in [0, 0.1) is 17.1 Å². The van der Waals surface area contributed by atoms with Gasteiger partial charge in [0.1, 0.15) is 23.2 Å². The first-order valence-corrected chi connectivity index (χ1v) is 3.67. The van der Waals surface area contributed by atoms with Crippen LogP contribution >= 0.6 is 0 Å². The van der Waals surface area contributed by atoms with E-state index in [-0.39, 0.29) is 16.9 Å². The van der Waals surface area contributed by atoms with Crippen LogP contribution in [0.3, 0.4) is 0 Å². The molecule has 14 heavy (non-hydrogen) atoms. The molecule has 0 heterocycles. The van der Waals surface area contributed by atoms with Gasteiger partial charge in [-0.25, -0.2) is 4.39 Å². The van der Waals surface area contributed by atoms with Crippen molar-refractivity contribution >= 4 is 5.91 Å². The molecule has 0 saturated carbocycles. The fourth-order valence-corrected chi connectivity index (χ4v) is 0.993. The first-order valence-electron chi connectivity index (χ1n) is 3.67. The summed E-state index contributed by atoms with van der Waals surface area (Å²) in [5, 5.41) is 8.57. The predicted molar refractivity (Wildman–Crippen MR) is 46.2 cm³/mol. The van der Waals surface area contributed by atoms with Gasteiger partial charge >= 0.3 is 0 Å². The smallest absolute Gasteiger partial charge is 0.248 e. The van der Waals surface area contributed by atoms with Crippen molar-refractivity contribution in [3.8, 4) is 11.8 Å². The molecule has 0 radical (unpaired) electrons. The third-order valence-electron chi connectivity index (χ3n) is 1.67. The Morgan fingerprint density at radius 3 is 2.71 bits per heavy atom. The van der Waals surface area contributed by atoms with E-state index >= 15 is 0 Å². The quantitative estimate of drug-likeness (QED) is 0.756. The van der Waals surface area contributed by atoms with Crippen LogP contribution in [0.1, 0.15) is 15.9 Å². The topological polar surface area (TPSA) is 76.1 Å². The van der Waals surface area contributed by atoms with E-state index in [1.165, 1.54) is 13.2 Å². The molecular weight excluding hydrogens is 187 g/mol. The zero-order valence-corrected chi connectivity index (χ0v) is 7.37. The second-order valence-corrected chi connectivity index (χ2v) is 2.51. The first-order chi connectivity index (χ1) is 6.60. The summed E-state index contributed by atoms with van der Waals surface area (Å²) >= 11 is 0. The third-order valence-corrected chi connectivity index (χ3v) is 1.67. The minimum absolute atomic E-state index is 0.00120. The lowest BCUT2D eigenvalue weighted by Gasteiger charge is -2.04. The summed E-state index contributed by atoms with van der Waals surface area (Å²) in [5.74, 6) is -1.59. The van der Waals surface area contributed by atoms with E-state index in [2.05, 4.69) is 0 Å². The highest BCUT2D eigenvalue weighted by Gasteiger charge is 2.13. The number of ether oxygens (including phenoxy) is 1. The van der Waals surface area contributed by atoms with Crippen LogP contribution in [0.2, 0.25) is 0 Å². The molecule has 0 aromatic heterocycles. The lowest BCUT2D eigenvalue weighted by atomic mass is 10.1. The number of nitrogens with two attached hydrogens (primary N) is 1. The van der Waals surface area contributed by atoms with Crippen LogP contribution in [0.5, 0.6) is 5.75 Å². The van der Waals surface area contributed by atoms with Crippen LogP contribution < -0.4 is 10.5 Å². The Labute approximate surface area is 79.7 Å². The molecule has 0 fully saturated rings. The predicted octanol–water partition coefficient (Wildman–Crippen LogP) is 0.805. The van der Waals surface area contributed by atoms with Gasteiger partial charge < -0.3 is 10.5 Å². The van der Waals surface area contributed by atoms with Gasteiger partial charge in [-0.05, 0) is 12.1 Å². The van der Waals surface area contributed by atoms with Crippen molar-refractivity contribution in [2.45, 2.75) is 0 Å². The highest BCUT2D eigenvalue weighted by atomic mass is 19.1. The van der Waals surface area contributed by atoms with E-state index in [4.69, 9.17) is 15.7 Å². The molecule has 0 unspecified atom stereocenters. The summed E-state index contributed by atoms with van der Waals surface area (Å²) in [6, 6.07) is 3.76. The Bertz CT molecular complexity index is 424. The molecular formula is C9H7FN2O2. The number of hydrogen-bond donors (Lipinski definition) is 1. The van der Waals surface area contributed by atoms with E-state index < -0.39 is 11.7 Å². The number of nitrogens with zero attached hydrogens (tertiary/aromatic N) is 1. The lowest BCUT2D eigenvalue weighted by molar-refractivity contribution is 0.0999. The first kappa shape index (κ1) is 9.99. The van der Waals surface area contributed by atoms with Gasteiger partial charge in [-0.3, -0.25) is 4.79 Å². The number of methoxy groups -OCH3 is 1. The molecule has 0 aliphatic carbocycles. The highest BCUT2D eigenvalue weighted by molar-refractivity contribution is 5.93. The molecule has 0 aliphatic heterocycles. The van der Waals surface area contributed by atoms with Gasteiger partial charge in [0.25, 0.3) is 0 Å². The maximum atomic E-state index is 13.1. The Kier molecular flexibility index (Phi) is 2.67. The van der Waals surface area contributed by atoms with Gasteiger partial charge in [0.05, 0.1) is 7.11 Å². The Balaban J connectivity index is 3.40. The largest absolute Gasteiger partial charge is 0.495 e. The summed E-state index contributed by atoms with van der Waals surface area (Å²) in [6.45, 7) is 0. The molecule has 0 aliphatic rings. The maximum absolute atomic E-state index is 13.1. The van der Waals surface area contributed by atoms with Gasteiger partial charge in [0, 0.05) is 5.56 Å². The second kappa shape index (κ2) is 3.75. The van der Waals surface area contributed by atoms with Gasteiger partial charge in [-0.15, -0.1) is 0 Å². The molecule has 0 saturated heterocycles. The van der Waals surface area contributed by atoms with E-state index in [0.717, 1.165) is 6.07 Å². The third kappa shape index (κ3) is 1.64. The van der Waals surface area contributed by atoms with Crippen molar-refractivity contribution in [3.05, 3.63) is 29.1 Å². The van der Waals surface area contributed by atoms with Crippen molar-refractivity contribution in [2.24, 2.45) is 5.73 Å². The van der Waals surface area contributed by atoms with E-state index in [1.54, 1.807) is 6.07 Å². The van der Waals surface area contributed by atoms with Crippen molar-refractivity contribution in [3.63, 3.8) is 0 Å². The molecule has 1 aromatic carbocycles. The van der Waals surface area contributed by atoms with Gasteiger partial charge in [-0.2, -0.15) is 5.26 Å². The number of amides is 1. The summed E-state index contributed by atoms with van der Waals surface area (Å²) in [7, 11) is 1.28. The Hall–Kier alpha value is -2.09. The van der Waals surface area contributed by atoms with Crippen LogP contribution in [0.25, 0.3) is 0 Å². The van der Waals surface area contributed by atoms with E-state index in [0.29, 0.717) is 0 Å². The number of halogens is 1. The second-order valence-electron chi connectivity index (χ2n) is 2.51. The molecule has 1 aromatic rings. The van der Waals surface area contributed by atoms with E-state index in [9.17, 15) is 9.18 Å². The van der Waals surface area contributed by atoms with Crippen molar-refractivity contribution in [1.29, 1.82) is 5.26 Å². The van der Waals surface area contributed by atoms with Crippen LogP contribution in [0.4, 0.5) is 4.39 Å².